The van der Waals surface area contributed by atoms with E-state index >= 15 is 0 Å². The van der Waals surface area contributed by atoms with Gasteiger partial charge < -0.3 is 9.80 Å². The van der Waals surface area contributed by atoms with E-state index in [-0.39, 0.29) is 5.41 Å². The minimum absolute atomic E-state index is 0.200. The summed E-state index contributed by atoms with van der Waals surface area (Å²) in [7, 11) is 0. The first-order valence-corrected chi connectivity index (χ1v) is 9.07. The van der Waals surface area contributed by atoms with E-state index < -0.39 is 0 Å². The Kier molecular flexibility index (Phi) is 3.91. The van der Waals surface area contributed by atoms with Crippen molar-refractivity contribution in [1.29, 1.82) is 5.26 Å². The highest BCUT2D eigenvalue weighted by Gasteiger charge is 2.43. The molecule has 3 fully saturated rings. The third-order valence-corrected chi connectivity index (χ3v) is 5.76. The topological polar surface area (TPSA) is 60.2 Å². The number of nitrogens with zero attached hydrogens (tertiary/aromatic N) is 4. The lowest BCUT2D eigenvalue weighted by Gasteiger charge is -2.48. The number of carbonyl (C=O) groups is 1. The number of aromatic nitrogens is 1. The van der Waals surface area contributed by atoms with Crippen molar-refractivity contribution in [2.24, 2.45) is 11.3 Å². The lowest BCUT2D eigenvalue weighted by Crippen LogP contribution is -2.54. The molecule has 126 valence electrons. The van der Waals surface area contributed by atoms with Crippen LogP contribution in [0.1, 0.15) is 44.2 Å². The highest BCUT2D eigenvalue weighted by molar-refractivity contribution is 5.77. The molecule has 4 rings (SSSR count). The zero-order valence-corrected chi connectivity index (χ0v) is 14.1. The standard InChI is InChI=1S/C19H24N4O/c20-11-16-3-1-4-17(21-16)22-10-2-8-19(13-22)9-7-18(24)23(14-19)12-15-5-6-15/h1,3-4,15H,2,5-10,12-14H2/t19-/m1/s1. The Morgan fingerprint density at radius 3 is 2.96 bits per heavy atom. The Morgan fingerprint density at radius 2 is 2.17 bits per heavy atom. The number of amides is 1. The fourth-order valence-corrected chi connectivity index (χ4v) is 4.28. The molecule has 0 N–H and O–H groups in total. The van der Waals surface area contributed by atoms with E-state index in [9.17, 15) is 4.79 Å². The molecule has 1 spiro atoms. The summed E-state index contributed by atoms with van der Waals surface area (Å²) in [6.45, 7) is 3.79. The summed E-state index contributed by atoms with van der Waals surface area (Å²) in [4.78, 5) is 21.2. The van der Waals surface area contributed by atoms with Crippen molar-refractivity contribution < 1.29 is 4.79 Å². The van der Waals surface area contributed by atoms with Crippen LogP contribution >= 0.6 is 0 Å². The lowest BCUT2D eigenvalue weighted by atomic mass is 9.73. The molecule has 0 radical (unpaired) electrons. The van der Waals surface area contributed by atoms with Crippen LogP contribution in [0.15, 0.2) is 18.2 Å². The van der Waals surface area contributed by atoms with Gasteiger partial charge >= 0.3 is 0 Å². The molecule has 1 amide bonds. The Labute approximate surface area is 143 Å². The quantitative estimate of drug-likeness (QED) is 0.857. The van der Waals surface area contributed by atoms with Crippen molar-refractivity contribution in [3.8, 4) is 6.07 Å². The Balaban J connectivity index is 1.50. The van der Waals surface area contributed by atoms with Crippen LogP contribution in [0.5, 0.6) is 0 Å². The van der Waals surface area contributed by atoms with Gasteiger partial charge in [0, 0.05) is 38.0 Å². The average Bonchev–Trinajstić information content (AvgIpc) is 3.43. The van der Waals surface area contributed by atoms with Gasteiger partial charge in [-0.3, -0.25) is 4.79 Å². The van der Waals surface area contributed by atoms with Gasteiger partial charge in [0.15, 0.2) is 0 Å². The maximum Gasteiger partial charge on any atom is 0.222 e. The fraction of sp³-hybridized carbons (Fsp3) is 0.632. The molecule has 0 unspecified atom stereocenters. The van der Waals surface area contributed by atoms with Gasteiger partial charge in [-0.15, -0.1) is 0 Å². The SMILES string of the molecule is N#Cc1cccc(N2CCC[C@@]3(CCC(=O)N(CC4CC4)C3)C2)n1. The highest BCUT2D eigenvalue weighted by Crippen LogP contribution is 2.41. The summed E-state index contributed by atoms with van der Waals surface area (Å²) in [6.07, 6.45) is 6.56. The van der Waals surface area contributed by atoms with Crippen LogP contribution in [0.25, 0.3) is 0 Å². The van der Waals surface area contributed by atoms with E-state index in [0.29, 0.717) is 18.0 Å². The zero-order chi connectivity index (χ0) is 16.6. The number of nitriles is 1. The number of anilines is 1. The van der Waals surface area contributed by atoms with Gasteiger partial charge in [-0.05, 0) is 50.2 Å². The van der Waals surface area contributed by atoms with Crippen LogP contribution in [0.3, 0.4) is 0 Å². The van der Waals surface area contributed by atoms with Crippen molar-refractivity contribution in [1.82, 2.24) is 9.88 Å². The molecule has 3 heterocycles. The Hall–Kier alpha value is -2.09. The molecule has 0 bridgehead atoms. The molecule has 1 aliphatic carbocycles. The van der Waals surface area contributed by atoms with Gasteiger partial charge in [-0.2, -0.15) is 5.26 Å². The predicted molar refractivity (Wildman–Crippen MR) is 91.4 cm³/mol. The molecule has 2 saturated heterocycles. The molecule has 3 aliphatic rings. The van der Waals surface area contributed by atoms with Crippen molar-refractivity contribution in [2.75, 3.05) is 31.1 Å². The number of likely N-dealkylation sites (tertiary alicyclic amines) is 1. The van der Waals surface area contributed by atoms with Crippen molar-refractivity contribution >= 4 is 11.7 Å². The lowest BCUT2D eigenvalue weighted by molar-refractivity contribution is -0.138. The minimum Gasteiger partial charge on any atom is -0.356 e. The van der Waals surface area contributed by atoms with Crippen molar-refractivity contribution in [3.63, 3.8) is 0 Å². The van der Waals surface area contributed by atoms with Crippen molar-refractivity contribution in [2.45, 2.75) is 38.5 Å². The average molecular weight is 324 g/mol. The molecular weight excluding hydrogens is 300 g/mol. The van der Waals surface area contributed by atoms with E-state index in [0.717, 1.165) is 50.8 Å². The van der Waals surface area contributed by atoms with E-state index in [4.69, 9.17) is 5.26 Å². The Morgan fingerprint density at radius 1 is 1.29 bits per heavy atom. The van der Waals surface area contributed by atoms with Gasteiger partial charge in [0.25, 0.3) is 0 Å². The normalized spacial score (nSPS) is 27.4. The molecule has 1 aromatic rings. The number of hydrogen-bond donors (Lipinski definition) is 0. The van der Waals surface area contributed by atoms with Crippen molar-refractivity contribution in [3.05, 3.63) is 23.9 Å². The number of hydrogen-bond acceptors (Lipinski definition) is 4. The maximum absolute atomic E-state index is 12.3. The van der Waals surface area contributed by atoms with E-state index in [2.05, 4.69) is 20.9 Å². The second kappa shape index (κ2) is 6.08. The Bertz CT molecular complexity index is 678. The maximum atomic E-state index is 12.3. The summed E-state index contributed by atoms with van der Waals surface area (Å²) in [6, 6.07) is 7.78. The molecule has 5 nitrogen and oxygen atoms in total. The van der Waals surface area contributed by atoms with E-state index in [1.165, 1.54) is 19.3 Å². The molecule has 1 atom stereocenters. The molecular formula is C19H24N4O. The van der Waals surface area contributed by atoms with Gasteiger partial charge in [0.1, 0.15) is 17.6 Å². The van der Waals surface area contributed by atoms with Crippen LogP contribution in [0.4, 0.5) is 5.82 Å². The third kappa shape index (κ3) is 3.10. The molecule has 24 heavy (non-hydrogen) atoms. The summed E-state index contributed by atoms with van der Waals surface area (Å²) in [5.41, 5.74) is 0.673. The summed E-state index contributed by atoms with van der Waals surface area (Å²) in [5.74, 6) is 1.99. The first-order valence-electron chi connectivity index (χ1n) is 9.07. The van der Waals surface area contributed by atoms with Crippen LogP contribution in [0.2, 0.25) is 0 Å². The monoisotopic (exact) mass is 324 g/mol. The molecule has 5 heteroatoms. The zero-order valence-electron chi connectivity index (χ0n) is 14.1. The minimum atomic E-state index is 0.200. The fourth-order valence-electron chi connectivity index (χ4n) is 4.28. The largest absolute Gasteiger partial charge is 0.356 e. The summed E-state index contributed by atoms with van der Waals surface area (Å²) >= 11 is 0. The third-order valence-electron chi connectivity index (χ3n) is 5.76. The van der Waals surface area contributed by atoms with Crippen LogP contribution < -0.4 is 4.90 Å². The second-order valence-corrected chi connectivity index (χ2v) is 7.74. The molecule has 0 aromatic carbocycles. The van der Waals surface area contributed by atoms with Gasteiger partial charge in [0.05, 0.1) is 0 Å². The summed E-state index contributed by atoms with van der Waals surface area (Å²) in [5, 5.41) is 9.08. The van der Waals surface area contributed by atoms with E-state index in [1.807, 2.05) is 12.1 Å². The van der Waals surface area contributed by atoms with Crippen LogP contribution in [0, 0.1) is 22.7 Å². The van der Waals surface area contributed by atoms with Crippen LogP contribution in [-0.4, -0.2) is 42.0 Å². The van der Waals surface area contributed by atoms with Gasteiger partial charge in [-0.1, -0.05) is 6.07 Å². The number of rotatable bonds is 3. The molecule has 1 aromatic heterocycles. The first-order chi connectivity index (χ1) is 11.7. The van der Waals surface area contributed by atoms with Gasteiger partial charge in [0.2, 0.25) is 5.91 Å². The predicted octanol–water partition coefficient (Wildman–Crippen LogP) is 2.57. The van der Waals surface area contributed by atoms with E-state index in [1.54, 1.807) is 6.07 Å². The first kappa shape index (κ1) is 15.4. The molecule has 1 saturated carbocycles. The number of piperidine rings is 2. The number of pyridine rings is 1. The number of carbonyl (C=O) groups excluding carboxylic acids is 1. The smallest absolute Gasteiger partial charge is 0.222 e. The molecule has 2 aliphatic heterocycles. The second-order valence-electron chi connectivity index (χ2n) is 7.74. The highest BCUT2D eigenvalue weighted by atomic mass is 16.2. The van der Waals surface area contributed by atoms with Gasteiger partial charge in [-0.25, -0.2) is 4.98 Å². The van der Waals surface area contributed by atoms with Crippen LogP contribution in [-0.2, 0) is 4.79 Å². The summed E-state index contributed by atoms with van der Waals surface area (Å²) < 4.78 is 0.